The van der Waals surface area contributed by atoms with Gasteiger partial charge in [-0.3, -0.25) is 14.2 Å². The van der Waals surface area contributed by atoms with E-state index in [0.717, 1.165) is 4.57 Å². The molecule has 1 heterocycles. The maximum atomic E-state index is 10.9. The van der Waals surface area contributed by atoms with E-state index in [4.69, 9.17) is 0 Å². The van der Waals surface area contributed by atoms with E-state index in [-0.39, 0.29) is 0 Å². The Balaban J connectivity index is 3.18. The van der Waals surface area contributed by atoms with E-state index in [9.17, 15) is 9.59 Å². The number of rotatable bonds is 2. The van der Waals surface area contributed by atoms with Crippen LogP contribution in [0, 0.1) is 6.33 Å². The van der Waals surface area contributed by atoms with Gasteiger partial charge in [0.1, 0.15) is 0 Å². The summed E-state index contributed by atoms with van der Waals surface area (Å²) in [5.74, 6) is 0.399. The minimum absolute atomic E-state index is 0.399. The molecule has 0 unspecified atom stereocenters. The van der Waals surface area contributed by atoms with Crippen molar-refractivity contribution >= 4 is 11.8 Å². The van der Waals surface area contributed by atoms with Crippen molar-refractivity contribution < 1.29 is 0 Å². The Morgan fingerprint density at radius 3 is 3.09 bits per heavy atom. The van der Waals surface area contributed by atoms with Crippen LogP contribution in [0.4, 0.5) is 0 Å². The van der Waals surface area contributed by atoms with Crippen LogP contribution in [-0.4, -0.2) is 21.0 Å². The van der Waals surface area contributed by atoms with Gasteiger partial charge in [-0.05, 0) is 6.26 Å². The molecular formula is C5H6N3O2S. The molecule has 0 aliphatic rings. The lowest BCUT2D eigenvalue weighted by Gasteiger charge is -1.96. The molecule has 0 atom stereocenters. The predicted octanol–water partition coefficient (Wildman–Crippen LogP) is -0.948. The topological polar surface area (TPSA) is 67.8 Å². The van der Waals surface area contributed by atoms with Crippen LogP contribution >= 0.6 is 11.8 Å². The van der Waals surface area contributed by atoms with Crippen LogP contribution in [0.5, 0.6) is 0 Å². The summed E-state index contributed by atoms with van der Waals surface area (Å²) in [5, 5.41) is 5.35. The monoisotopic (exact) mass is 172 g/mol. The van der Waals surface area contributed by atoms with Gasteiger partial charge in [0.25, 0.3) is 0 Å². The molecule has 1 aromatic rings. The van der Waals surface area contributed by atoms with Crippen molar-refractivity contribution in [2.24, 2.45) is 0 Å². The standard InChI is InChI=1S/C5H6N3O2S/c1-11-3-8-2-6-7-4(9)5(8)10/h3H2,1H3,(H,7,9). The van der Waals surface area contributed by atoms with Gasteiger partial charge in [-0.1, -0.05) is 0 Å². The summed E-state index contributed by atoms with van der Waals surface area (Å²) >= 11 is 1.42. The van der Waals surface area contributed by atoms with Crippen molar-refractivity contribution in [1.82, 2.24) is 14.8 Å². The van der Waals surface area contributed by atoms with Gasteiger partial charge in [0.15, 0.2) is 0 Å². The number of nitrogens with one attached hydrogen (secondary N) is 1. The molecule has 0 amide bonds. The molecule has 0 aromatic carbocycles. The summed E-state index contributed by atoms with van der Waals surface area (Å²) in [7, 11) is 0. The first-order chi connectivity index (χ1) is 5.25. The SMILES string of the molecule is CSCn1[c]n[nH]c(=O)c1=O. The fraction of sp³-hybridized carbons (Fsp3) is 0.400. The van der Waals surface area contributed by atoms with Crippen LogP contribution in [0.1, 0.15) is 0 Å². The lowest BCUT2D eigenvalue weighted by molar-refractivity contribution is 0.732. The number of nitrogens with zero attached hydrogens (tertiary/aromatic N) is 2. The summed E-state index contributed by atoms with van der Waals surface area (Å²) in [6, 6.07) is 0. The maximum Gasteiger partial charge on any atom is 0.330 e. The van der Waals surface area contributed by atoms with Gasteiger partial charge < -0.3 is 0 Å². The smallest absolute Gasteiger partial charge is 0.274 e. The molecule has 0 saturated carbocycles. The zero-order valence-electron chi connectivity index (χ0n) is 5.83. The second-order valence-electron chi connectivity index (χ2n) is 1.80. The number of thioether (sulfide) groups is 1. The molecule has 1 aromatic heterocycles. The van der Waals surface area contributed by atoms with E-state index in [2.05, 4.69) is 11.4 Å². The first-order valence-corrected chi connectivity index (χ1v) is 4.21. The van der Waals surface area contributed by atoms with E-state index in [0.29, 0.717) is 5.88 Å². The number of hydrogen-bond acceptors (Lipinski definition) is 4. The second kappa shape index (κ2) is 3.38. The molecular weight excluding hydrogens is 166 g/mol. The molecule has 1 rings (SSSR count). The average molecular weight is 172 g/mol. The molecule has 1 N–H and O–H groups in total. The van der Waals surface area contributed by atoms with Gasteiger partial charge in [-0.2, -0.15) is 0 Å². The van der Waals surface area contributed by atoms with Crippen LogP contribution in [-0.2, 0) is 5.88 Å². The van der Waals surface area contributed by atoms with Gasteiger partial charge in [-0.25, -0.2) is 5.10 Å². The minimum Gasteiger partial charge on any atom is -0.274 e. The maximum absolute atomic E-state index is 10.9. The quantitative estimate of drug-likeness (QED) is 0.584. The largest absolute Gasteiger partial charge is 0.330 e. The molecule has 0 spiro atoms. The summed E-state index contributed by atoms with van der Waals surface area (Å²) < 4.78 is 1.13. The fourth-order valence-corrected chi connectivity index (χ4v) is 1.00. The molecule has 0 saturated heterocycles. The number of aromatic amines is 1. The normalized spacial score (nSPS) is 9.91. The molecule has 59 valence electrons. The molecule has 0 fully saturated rings. The van der Waals surface area contributed by atoms with Crippen LogP contribution in [0.25, 0.3) is 0 Å². The van der Waals surface area contributed by atoms with Crippen LogP contribution < -0.4 is 11.1 Å². The highest BCUT2D eigenvalue weighted by molar-refractivity contribution is 7.97. The van der Waals surface area contributed by atoms with Gasteiger partial charge in [0.05, 0.1) is 5.88 Å². The summed E-state index contributed by atoms with van der Waals surface area (Å²) in [4.78, 5) is 21.5. The Hall–Kier alpha value is -1.04. The van der Waals surface area contributed by atoms with E-state index in [1.807, 2.05) is 11.4 Å². The molecule has 0 aliphatic carbocycles. The van der Waals surface area contributed by atoms with Gasteiger partial charge in [-0.15, -0.1) is 16.9 Å². The average Bonchev–Trinajstić information content (AvgIpc) is 1.99. The van der Waals surface area contributed by atoms with Gasteiger partial charge >= 0.3 is 11.1 Å². The number of hydrogen-bond donors (Lipinski definition) is 1. The van der Waals surface area contributed by atoms with E-state index in [1.165, 1.54) is 11.8 Å². The van der Waals surface area contributed by atoms with Crippen molar-refractivity contribution in [2.75, 3.05) is 6.26 Å². The Kier molecular flexibility index (Phi) is 2.48. The number of H-pyrrole nitrogens is 1. The first kappa shape index (κ1) is 8.06. The second-order valence-corrected chi connectivity index (χ2v) is 2.64. The van der Waals surface area contributed by atoms with Crippen molar-refractivity contribution in [2.45, 2.75) is 5.88 Å². The summed E-state index contributed by atoms with van der Waals surface area (Å²) in [6.45, 7) is 0. The Morgan fingerprint density at radius 2 is 2.45 bits per heavy atom. The van der Waals surface area contributed by atoms with Crippen molar-refractivity contribution in [1.29, 1.82) is 0 Å². The molecule has 0 aliphatic heterocycles. The molecule has 5 nitrogen and oxygen atoms in total. The molecule has 11 heavy (non-hydrogen) atoms. The zero-order valence-corrected chi connectivity index (χ0v) is 6.64. The highest BCUT2D eigenvalue weighted by atomic mass is 32.2. The van der Waals surface area contributed by atoms with Gasteiger partial charge in [0, 0.05) is 0 Å². The number of aromatic nitrogens is 3. The molecule has 1 radical (unpaired) electrons. The van der Waals surface area contributed by atoms with E-state index < -0.39 is 11.1 Å². The van der Waals surface area contributed by atoms with Crippen LogP contribution in [0.15, 0.2) is 9.59 Å². The Labute approximate surface area is 66.4 Å². The molecule has 6 heteroatoms. The minimum atomic E-state index is -0.710. The lowest BCUT2D eigenvalue weighted by atomic mass is 10.8. The van der Waals surface area contributed by atoms with Gasteiger partial charge in [0.2, 0.25) is 6.33 Å². The van der Waals surface area contributed by atoms with E-state index >= 15 is 0 Å². The third-order valence-corrected chi connectivity index (χ3v) is 1.54. The van der Waals surface area contributed by atoms with Crippen molar-refractivity contribution in [3.63, 3.8) is 0 Å². The van der Waals surface area contributed by atoms with Crippen LogP contribution in [0.2, 0.25) is 0 Å². The highest BCUT2D eigenvalue weighted by Gasteiger charge is 1.97. The van der Waals surface area contributed by atoms with Crippen molar-refractivity contribution in [3.8, 4) is 0 Å². The Morgan fingerprint density at radius 1 is 1.73 bits per heavy atom. The third-order valence-electron chi connectivity index (χ3n) is 1.03. The fourth-order valence-electron chi connectivity index (χ4n) is 0.569. The van der Waals surface area contributed by atoms with Crippen LogP contribution in [0.3, 0.4) is 0 Å². The summed E-state index contributed by atoms with van der Waals surface area (Å²) in [6.07, 6.45) is 4.18. The summed E-state index contributed by atoms with van der Waals surface area (Å²) in [5.41, 5.74) is -1.33. The lowest BCUT2D eigenvalue weighted by Crippen LogP contribution is -2.36. The van der Waals surface area contributed by atoms with E-state index in [1.54, 1.807) is 0 Å². The molecule has 0 bridgehead atoms. The highest BCUT2D eigenvalue weighted by Crippen LogP contribution is 1.91. The predicted molar refractivity (Wildman–Crippen MR) is 41.5 cm³/mol. The first-order valence-electron chi connectivity index (χ1n) is 2.82. The zero-order chi connectivity index (χ0) is 8.27. The van der Waals surface area contributed by atoms with Crippen molar-refractivity contribution in [3.05, 3.63) is 27.0 Å². The Bertz CT molecular complexity index is 342. The third kappa shape index (κ3) is 1.70.